The molecule has 0 radical (unpaired) electrons. The lowest BCUT2D eigenvalue weighted by Gasteiger charge is -2.20. The topological polar surface area (TPSA) is 114 Å². The Kier molecular flexibility index (Phi) is 5.38. The van der Waals surface area contributed by atoms with Gasteiger partial charge in [0.2, 0.25) is 5.91 Å². The van der Waals surface area contributed by atoms with Crippen LogP contribution >= 0.6 is 0 Å². The molecule has 1 fully saturated rings. The van der Waals surface area contributed by atoms with Gasteiger partial charge in [-0.15, -0.1) is 0 Å². The number of esters is 1. The lowest BCUT2D eigenvalue weighted by molar-refractivity contribution is -0.134. The molecule has 1 aromatic carbocycles. The summed E-state index contributed by atoms with van der Waals surface area (Å²) in [6, 6.07) is 5.37. The molecule has 1 aliphatic heterocycles. The van der Waals surface area contributed by atoms with Crippen LogP contribution < -0.4 is 10.6 Å². The zero-order valence-corrected chi connectivity index (χ0v) is 14.1. The summed E-state index contributed by atoms with van der Waals surface area (Å²) in [5.41, 5.74) is -0.428. The number of hydrogen-bond donors (Lipinski definition) is 2. The van der Waals surface area contributed by atoms with Crippen LogP contribution in [-0.4, -0.2) is 61.6 Å². The molecule has 4 amide bonds. The van der Waals surface area contributed by atoms with E-state index < -0.39 is 35.9 Å². The smallest absolute Gasteiger partial charge is 0.337 e. The molecule has 0 aliphatic carbocycles. The monoisotopic (exact) mass is 349 g/mol. The van der Waals surface area contributed by atoms with Crippen LogP contribution in [0.2, 0.25) is 0 Å². The first kappa shape index (κ1) is 18.4. The highest BCUT2D eigenvalue weighted by molar-refractivity contribution is 6.10. The van der Waals surface area contributed by atoms with Crippen LogP contribution in [0.15, 0.2) is 24.3 Å². The van der Waals surface area contributed by atoms with Crippen molar-refractivity contribution in [3.63, 3.8) is 0 Å². The Morgan fingerprint density at radius 1 is 1.20 bits per heavy atom. The number of imide groups is 1. The average molecular weight is 349 g/mol. The zero-order chi connectivity index (χ0) is 18.6. The van der Waals surface area contributed by atoms with E-state index in [1.807, 2.05) is 0 Å². The molecule has 2 rings (SSSR count). The number of benzene rings is 1. The van der Waals surface area contributed by atoms with Gasteiger partial charge >= 0.3 is 12.0 Å². The van der Waals surface area contributed by atoms with Crippen molar-refractivity contribution in [2.75, 3.05) is 32.7 Å². The molecule has 1 heterocycles. The van der Waals surface area contributed by atoms with E-state index in [1.54, 1.807) is 0 Å². The van der Waals surface area contributed by atoms with Gasteiger partial charge in [-0.25, -0.2) is 9.59 Å². The van der Waals surface area contributed by atoms with E-state index in [0.717, 1.165) is 4.90 Å². The number of amides is 4. The Morgan fingerprint density at radius 3 is 2.40 bits per heavy atom. The molecule has 0 aromatic heterocycles. The highest BCUT2D eigenvalue weighted by atomic mass is 16.5. The SMILES string of the molecule is COC[C@@]1(C)NC(=O)N(CC(=O)Nc2ccc(C(=O)OC)cc2)C1=O. The van der Waals surface area contributed by atoms with Crippen molar-refractivity contribution >= 4 is 29.5 Å². The molecule has 1 aromatic rings. The average Bonchev–Trinajstić information content (AvgIpc) is 2.78. The van der Waals surface area contributed by atoms with Gasteiger partial charge in [0, 0.05) is 12.8 Å². The molecule has 0 spiro atoms. The number of urea groups is 1. The van der Waals surface area contributed by atoms with Crippen molar-refractivity contribution in [3.8, 4) is 0 Å². The van der Waals surface area contributed by atoms with Gasteiger partial charge in [0.05, 0.1) is 19.3 Å². The van der Waals surface area contributed by atoms with Gasteiger partial charge in [0.1, 0.15) is 12.1 Å². The third-order valence-electron chi connectivity index (χ3n) is 3.67. The van der Waals surface area contributed by atoms with Crippen molar-refractivity contribution < 1.29 is 28.7 Å². The fraction of sp³-hybridized carbons (Fsp3) is 0.375. The Hall–Kier alpha value is -2.94. The first-order valence-corrected chi connectivity index (χ1v) is 7.42. The molecule has 134 valence electrons. The second-order valence-electron chi connectivity index (χ2n) is 5.70. The van der Waals surface area contributed by atoms with E-state index in [1.165, 1.54) is 45.4 Å². The van der Waals surface area contributed by atoms with Gasteiger partial charge in [0.15, 0.2) is 0 Å². The third kappa shape index (κ3) is 3.94. The van der Waals surface area contributed by atoms with Crippen LogP contribution in [-0.2, 0) is 19.1 Å². The fourth-order valence-electron chi connectivity index (χ4n) is 2.43. The summed E-state index contributed by atoms with van der Waals surface area (Å²) in [6.45, 7) is 1.10. The number of ether oxygens (including phenoxy) is 2. The first-order chi connectivity index (χ1) is 11.8. The molecule has 25 heavy (non-hydrogen) atoms. The molecule has 9 nitrogen and oxygen atoms in total. The Morgan fingerprint density at radius 2 is 1.84 bits per heavy atom. The Labute approximate surface area is 144 Å². The normalized spacial score (nSPS) is 19.6. The third-order valence-corrected chi connectivity index (χ3v) is 3.67. The molecule has 0 bridgehead atoms. The van der Waals surface area contributed by atoms with E-state index >= 15 is 0 Å². The van der Waals surface area contributed by atoms with Gasteiger partial charge in [-0.3, -0.25) is 14.5 Å². The lowest BCUT2D eigenvalue weighted by Crippen LogP contribution is -2.48. The van der Waals surface area contributed by atoms with Gasteiger partial charge in [-0.1, -0.05) is 0 Å². The van der Waals surface area contributed by atoms with Crippen LogP contribution in [0, 0.1) is 0 Å². The van der Waals surface area contributed by atoms with Crippen LogP contribution in [0.4, 0.5) is 10.5 Å². The first-order valence-electron chi connectivity index (χ1n) is 7.42. The van der Waals surface area contributed by atoms with Crippen LogP contribution in [0.1, 0.15) is 17.3 Å². The molecule has 1 saturated heterocycles. The fourth-order valence-corrected chi connectivity index (χ4v) is 2.43. The minimum Gasteiger partial charge on any atom is -0.465 e. The number of carbonyl (C=O) groups excluding carboxylic acids is 4. The second-order valence-corrected chi connectivity index (χ2v) is 5.70. The van der Waals surface area contributed by atoms with E-state index in [9.17, 15) is 19.2 Å². The summed E-state index contributed by atoms with van der Waals surface area (Å²) in [6.07, 6.45) is 0. The highest BCUT2D eigenvalue weighted by Gasteiger charge is 2.48. The second kappa shape index (κ2) is 7.31. The molecule has 9 heteroatoms. The summed E-state index contributed by atoms with van der Waals surface area (Å²) < 4.78 is 9.52. The summed E-state index contributed by atoms with van der Waals surface area (Å²) >= 11 is 0. The molecule has 1 atom stereocenters. The number of hydrogen-bond acceptors (Lipinski definition) is 6. The van der Waals surface area contributed by atoms with E-state index in [4.69, 9.17) is 4.74 Å². The van der Waals surface area contributed by atoms with Crippen LogP contribution in [0.5, 0.6) is 0 Å². The Balaban J connectivity index is 1.99. The maximum Gasteiger partial charge on any atom is 0.337 e. The standard InChI is InChI=1S/C16H19N3O6/c1-16(9-24-2)14(22)19(15(23)18-16)8-12(20)17-11-6-4-10(5-7-11)13(21)25-3/h4-7H,8-9H2,1-3H3,(H,17,20)(H,18,23)/t16-/m1/s1. The van der Waals surface area contributed by atoms with Crippen molar-refractivity contribution in [2.45, 2.75) is 12.5 Å². The maximum absolute atomic E-state index is 12.3. The van der Waals surface area contributed by atoms with Gasteiger partial charge < -0.3 is 20.1 Å². The highest BCUT2D eigenvalue weighted by Crippen LogP contribution is 2.18. The predicted molar refractivity (Wildman–Crippen MR) is 86.9 cm³/mol. The van der Waals surface area contributed by atoms with Crippen molar-refractivity contribution in [1.29, 1.82) is 0 Å². The molecule has 1 aliphatic rings. The van der Waals surface area contributed by atoms with E-state index in [2.05, 4.69) is 15.4 Å². The van der Waals surface area contributed by atoms with E-state index in [-0.39, 0.29) is 6.61 Å². The number of anilines is 1. The molecule has 2 N–H and O–H groups in total. The lowest BCUT2D eigenvalue weighted by atomic mass is 10.0. The van der Waals surface area contributed by atoms with Gasteiger partial charge in [-0.05, 0) is 31.2 Å². The predicted octanol–water partition coefficient (Wildman–Crippen LogP) is 0.369. The minimum absolute atomic E-state index is 0.00465. The number of methoxy groups -OCH3 is 2. The largest absolute Gasteiger partial charge is 0.465 e. The molecule has 0 saturated carbocycles. The molecule has 0 unspecified atom stereocenters. The molecular formula is C16H19N3O6. The number of nitrogens with one attached hydrogen (secondary N) is 2. The van der Waals surface area contributed by atoms with E-state index in [0.29, 0.717) is 11.3 Å². The summed E-state index contributed by atoms with van der Waals surface area (Å²) in [4.78, 5) is 48.5. The molecular weight excluding hydrogens is 330 g/mol. The number of carbonyl (C=O) groups is 4. The maximum atomic E-state index is 12.3. The van der Waals surface area contributed by atoms with Crippen molar-refractivity contribution in [3.05, 3.63) is 29.8 Å². The number of nitrogens with zero attached hydrogens (tertiary/aromatic N) is 1. The quantitative estimate of drug-likeness (QED) is 0.566. The van der Waals surface area contributed by atoms with Crippen molar-refractivity contribution in [2.24, 2.45) is 0 Å². The van der Waals surface area contributed by atoms with Crippen LogP contribution in [0.3, 0.4) is 0 Å². The zero-order valence-electron chi connectivity index (χ0n) is 14.1. The minimum atomic E-state index is -1.19. The summed E-state index contributed by atoms with van der Waals surface area (Å²) in [5, 5.41) is 5.06. The van der Waals surface area contributed by atoms with Gasteiger partial charge in [-0.2, -0.15) is 0 Å². The summed E-state index contributed by atoms with van der Waals surface area (Å²) in [5.74, 6) is -1.57. The van der Waals surface area contributed by atoms with Gasteiger partial charge in [0.25, 0.3) is 5.91 Å². The van der Waals surface area contributed by atoms with Crippen molar-refractivity contribution in [1.82, 2.24) is 10.2 Å². The Bertz CT molecular complexity index is 702. The number of rotatable bonds is 6. The van der Waals surface area contributed by atoms with Crippen LogP contribution in [0.25, 0.3) is 0 Å². The summed E-state index contributed by atoms with van der Waals surface area (Å²) in [7, 11) is 2.69.